The first-order valence-electron chi connectivity index (χ1n) is 6.72. The lowest BCUT2D eigenvalue weighted by atomic mass is 9.96. The normalized spacial score (nSPS) is 14.2. The van der Waals surface area contributed by atoms with Crippen molar-refractivity contribution in [3.63, 3.8) is 0 Å². The molecule has 0 fully saturated rings. The molecule has 0 unspecified atom stereocenters. The number of halogens is 1. The Kier molecular flexibility index (Phi) is 4.81. The molecule has 0 amide bonds. The highest BCUT2D eigenvalue weighted by Gasteiger charge is 2.24. The smallest absolute Gasteiger partial charge is 0.101 e. The maximum absolute atomic E-state index is 10.5. The molecular weight excluding hydrogens is 274 g/mol. The van der Waals surface area contributed by atoms with Crippen LogP contribution in [0.1, 0.15) is 25.0 Å². The highest BCUT2D eigenvalue weighted by molar-refractivity contribution is 6.31. The molecule has 0 spiro atoms. The molecule has 0 aliphatic heterocycles. The zero-order valence-corrected chi connectivity index (χ0v) is 12.6. The van der Waals surface area contributed by atoms with Gasteiger partial charge in [0.05, 0.1) is 6.20 Å². The van der Waals surface area contributed by atoms with Gasteiger partial charge in [-0.2, -0.15) is 5.10 Å². The number of benzene rings is 1. The van der Waals surface area contributed by atoms with Crippen LogP contribution in [0.2, 0.25) is 5.02 Å². The molecule has 20 heavy (non-hydrogen) atoms. The number of aryl methyl sites for hydroxylation is 1. The third-order valence-corrected chi connectivity index (χ3v) is 3.59. The summed E-state index contributed by atoms with van der Waals surface area (Å²) >= 11 is 6.13. The molecule has 1 aromatic carbocycles. The summed E-state index contributed by atoms with van der Waals surface area (Å²) in [5.41, 5.74) is 0.833. The zero-order valence-electron chi connectivity index (χ0n) is 11.8. The van der Waals surface area contributed by atoms with Crippen LogP contribution in [0.5, 0.6) is 0 Å². The predicted molar refractivity (Wildman–Crippen MR) is 80.6 cm³/mol. The number of aliphatic hydroxyl groups is 1. The average molecular weight is 294 g/mol. The van der Waals surface area contributed by atoms with Gasteiger partial charge in [0.25, 0.3) is 0 Å². The molecule has 0 radical (unpaired) electrons. The third kappa shape index (κ3) is 3.60. The fourth-order valence-corrected chi connectivity index (χ4v) is 2.45. The van der Waals surface area contributed by atoms with Crippen molar-refractivity contribution in [2.24, 2.45) is 0 Å². The Labute approximate surface area is 124 Å². The molecule has 2 rings (SSSR count). The van der Waals surface area contributed by atoms with Gasteiger partial charge in [-0.15, -0.1) is 0 Å². The molecule has 2 N–H and O–H groups in total. The number of hydrogen-bond donors (Lipinski definition) is 2. The van der Waals surface area contributed by atoms with Gasteiger partial charge < -0.3 is 10.4 Å². The van der Waals surface area contributed by atoms with E-state index in [1.807, 2.05) is 42.2 Å². The molecule has 5 heteroatoms. The molecule has 0 aliphatic rings. The van der Waals surface area contributed by atoms with Crippen LogP contribution in [0, 0.1) is 0 Å². The van der Waals surface area contributed by atoms with Gasteiger partial charge >= 0.3 is 0 Å². The van der Waals surface area contributed by atoms with Crippen LogP contribution in [0.15, 0.2) is 36.7 Å². The Morgan fingerprint density at radius 1 is 1.40 bits per heavy atom. The lowest BCUT2D eigenvalue weighted by Crippen LogP contribution is -2.35. The molecule has 0 saturated heterocycles. The predicted octanol–water partition coefficient (Wildman–Crippen LogP) is 2.55. The SMILES string of the molecule is CCn1cc(CNC[C@@](C)(O)c2ccccc2Cl)cn1. The van der Waals surface area contributed by atoms with Crippen LogP contribution in [-0.2, 0) is 18.7 Å². The molecule has 108 valence electrons. The fraction of sp³-hybridized carbons (Fsp3) is 0.400. The summed E-state index contributed by atoms with van der Waals surface area (Å²) in [6.07, 6.45) is 3.83. The first-order chi connectivity index (χ1) is 9.53. The summed E-state index contributed by atoms with van der Waals surface area (Å²) in [7, 11) is 0. The van der Waals surface area contributed by atoms with Gasteiger partial charge in [0.2, 0.25) is 0 Å². The molecule has 1 atom stereocenters. The Bertz CT molecular complexity index is 566. The second kappa shape index (κ2) is 6.39. The van der Waals surface area contributed by atoms with Gasteiger partial charge in [0.15, 0.2) is 0 Å². The van der Waals surface area contributed by atoms with E-state index >= 15 is 0 Å². The summed E-state index contributed by atoms with van der Waals surface area (Å²) in [5, 5.41) is 18.6. The third-order valence-electron chi connectivity index (χ3n) is 3.26. The minimum Gasteiger partial charge on any atom is -0.384 e. The van der Waals surface area contributed by atoms with Crippen LogP contribution in [-0.4, -0.2) is 21.4 Å². The van der Waals surface area contributed by atoms with Crippen molar-refractivity contribution < 1.29 is 5.11 Å². The number of hydrogen-bond acceptors (Lipinski definition) is 3. The topological polar surface area (TPSA) is 50.1 Å². The van der Waals surface area contributed by atoms with Crippen LogP contribution >= 0.6 is 11.6 Å². The molecule has 4 nitrogen and oxygen atoms in total. The summed E-state index contributed by atoms with van der Waals surface area (Å²) < 4.78 is 1.88. The second-order valence-corrected chi connectivity index (χ2v) is 5.47. The summed E-state index contributed by atoms with van der Waals surface area (Å²) in [5.74, 6) is 0. The van der Waals surface area contributed by atoms with Gasteiger partial charge in [-0.1, -0.05) is 29.8 Å². The maximum atomic E-state index is 10.5. The summed E-state index contributed by atoms with van der Waals surface area (Å²) in [6, 6.07) is 7.37. The number of nitrogens with zero attached hydrogens (tertiary/aromatic N) is 2. The van der Waals surface area contributed by atoms with Gasteiger partial charge in [0, 0.05) is 42.0 Å². The van der Waals surface area contributed by atoms with Crippen molar-refractivity contribution in [2.45, 2.75) is 32.5 Å². The first kappa shape index (κ1) is 15.0. The molecule has 1 heterocycles. The Balaban J connectivity index is 1.94. The van der Waals surface area contributed by atoms with Gasteiger partial charge in [-0.25, -0.2) is 0 Å². The Hall–Kier alpha value is -1.36. The maximum Gasteiger partial charge on any atom is 0.101 e. The Morgan fingerprint density at radius 2 is 2.15 bits per heavy atom. The van der Waals surface area contributed by atoms with E-state index in [2.05, 4.69) is 10.4 Å². The van der Waals surface area contributed by atoms with Crippen molar-refractivity contribution in [3.05, 3.63) is 52.8 Å². The number of aromatic nitrogens is 2. The van der Waals surface area contributed by atoms with E-state index in [1.165, 1.54) is 0 Å². The van der Waals surface area contributed by atoms with Gasteiger partial charge in [-0.3, -0.25) is 4.68 Å². The van der Waals surface area contributed by atoms with Crippen molar-refractivity contribution >= 4 is 11.6 Å². The van der Waals surface area contributed by atoms with E-state index in [0.717, 1.165) is 17.7 Å². The minimum absolute atomic E-state index is 0.425. The van der Waals surface area contributed by atoms with E-state index in [4.69, 9.17) is 11.6 Å². The zero-order chi connectivity index (χ0) is 14.6. The standard InChI is InChI=1S/C15H20ClN3O/c1-3-19-10-12(9-18-19)8-17-11-15(2,20)13-6-4-5-7-14(13)16/h4-7,9-10,17,20H,3,8,11H2,1-2H3/t15-/m1/s1. The minimum atomic E-state index is -1.00. The molecule has 2 aromatic rings. The highest BCUT2D eigenvalue weighted by Crippen LogP contribution is 2.27. The molecule has 0 bridgehead atoms. The van der Waals surface area contributed by atoms with Crippen molar-refractivity contribution in [1.82, 2.24) is 15.1 Å². The monoisotopic (exact) mass is 293 g/mol. The van der Waals surface area contributed by atoms with E-state index in [0.29, 0.717) is 18.1 Å². The lowest BCUT2D eigenvalue weighted by Gasteiger charge is -2.25. The molecule has 0 saturated carbocycles. The molecule has 0 aliphatic carbocycles. The second-order valence-electron chi connectivity index (χ2n) is 5.06. The van der Waals surface area contributed by atoms with E-state index in [-0.39, 0.29) is 0 Å². The summed E-state index contributed by atoms with van der Waals surface area (Å²) in [6.45, 7) is 5.76. The molecule has 1 aromatic heterocycles. The first-order valence-corrected chi connectivity index (χ1v) is 7.10. The number of nitrogens with one attached hydrogen (secondary N) is 1. The largest absolute Gasteiger partial charge is 0.384 e. The lowest BCUT2D eigenvalue weighted by molar-refractivity contribution is 0.0568. The van der Waals surface area contributed by atoms with Crippen molar-refractivity contribution in [2.75, 3.05) is 6.54 Å². The highest BCUT2D eigenvalue weighted by atomic mass is 35.5. The van der Waals surface area contributed by atoms with E-state index < -0.39 is 5.60 Å². The van der Waals surface area contributed by atoms with Crippen LogP contribution in [0.25, 0.3) is 0 Å². The van der Waals surface area contributed by atoms with Crippen LogP contribution in [0.4, 0.5) is 0 Å². The quantitative estimate of drug-likeness (QED) is 0.860. The van der Waals surface area contributed by atoms with Crippen molar-refractivity contribution in [1.29, 1.82) is 0 Å². The van der Waals surface area contributed by atoms with Gasteiger partial charge in [-0.05, 0) is 19.9 Å². The van der Waals surface area contributed by atoms with Crippen molar-refractivity contribution in [3.8, 4) is 0 Å². The van der Waals surface area contributed by atoms with Gasteiger partial charge in [0.1, 0.15) is 5.60 Å². The molecular formula is C15H20ClN3O. The van der Waals surface area contributed by atoms with E-state index in [9.17, 15) is 5.11 Å². The average Bonchev–Trinajstić information content (AvgIpc) is 2.87. The van der Waals surface area contributed by atoms with E-state index in [1.54, 1.807) is 13.0 Å². The number of rotatable bonds is 6. The fourth-order valence-electron chi connectivity index (χ4n) is 2.11. The Morgan fingerprint density at radius 3 is 2.80 bits per heavy atom. The van der Waals surface area contributed by atoms with Crippen LogP contribution in [0.3, 0.4) is 0 Å². The summed E-state index contributed by atoms with van der Waals surface area (Å²) in [4.78, 5) is 0. The van der Waals surface area contributed by atoms with Crippen LogP contribution < -0.4 is 5.32 Å².